The van der Waals surface area contributed by atoms with Gasteiger partial charge in [0.2, 0.25) is 47.1 Å². The van der Waals surface area contributed by atoms with Crippen molar-refractivity contribution in [3.05, 3.63) is 87.5 Å². The predicted octanol–water partition coefficient (Wildman–Crippen LogP) is 0.191. The average molecular weight is 1170 g/mol. The average Bonchev–Trinajstić information content (AvgIpc) is 0.860. The van der Waals surface area contributed by atoms with Gasteiger partial charge in [-0.3, -0.25) is 47.9 Å². The number of hydrogen-bond donors (Lipinski definition) is 11. The fourth-order valence-corrected chi connectivity index (χ4v) is 11.3. The number of aliphatic hydroxyl groups is 3. The first-order chi connectivity index (χ1) is 39.8. The summed E-state index contributed by atoms with van der Waals surface area (Å²) in [6.45, 7) is 8.24. The Kier molecular flexibility index (Phi) is 20.7. The number of aromatic hydroxyl groups is 2. The van der Waals surface area contributed by atoms with Gasteiger partial charge in [-0.2, -0.15) is 0 Å². The highest BCUT2D eigenvalue weighted by atomic mass is 16.7. The highest BCUT2D eigenvalue weighted by Crippen LogP contribution is 2.52. The smallest absolute Gasteiger partial charge is 0.243 e. The molecule has 10 atom stereocenters. The number of phenols is 2. The highest BCUT2D eigenvalue weighted by molar-refractivity contribution is 6.31. The van der Waals surface area contributed by atoms with Gasteiger partial charge in [-0.15, -0.1) is 0 Å². The number of hydrogen-bond acceptors (Lipinski definition) is 18. The Bertz CT molecular complexity index is 3040. The van der Waals surface area contributed by atoms with Gasteiger partial charge in [0.1, 0.15) is 59.7 Å². The predicted molar refractivity (Wildman–Crippen MR) is 297 cm³/mol. The first kappa shape index (κ1) is 63.7. The summed E-state index contributed by atoms with van der Waals surface area (Å²) in [5, 5.41) is 73.1. The number of benzene rings is 3. The SMILES string of the molecule is COc1cccc2c1C(=O)c1c(O)c3c(c(O)c1C2=O)C[C@@](O)(C(=O)CO)C[C@@H]3O[C@H]1C[C@H](NC(=O)[C@H](Cc2ccccc2)NC(=O)[C@H](CC(C)C)NC(=O)CNC(=O)[C@H](CC(C)C)NC(=O)[C@@H]2CCCN2C(=O)CNC(C)=O)[C@H](O)[C@H](C)O1. The summed E-state index contributed by atoms with van der Waals surface area (Å²) in [5.41, 5.74) is -3.96. The quantitative estimate of drug-likeness (QED) is 0.0442. The molecule has 11 N–H and O–H groups in total. The van der Waals surface area contributed by atoms with Crippen LogP contribution in [0, 0.1) is 11.8 Å². The number of methoxy groups -OCH3 is 1. The molecule has 0 radical (unpaired) electrons. The van der Waals surface area contributed by atoms with Crippen LogP contribution in [0.3, 0.4) is 0 Å². The molecule has 2 fully saturated rings. The van der Waals surface area contributed by atoms with Crippen molar-refractivity contribution in [3.63, 3.8) is 0 Å². The summed E-state index contributed by atoms with van der Waals surface area (Å²) < 4.78 is 17.8. The molecule has 7 rings (SSSR count). The molecule has 0 bridgehead atoms. The maximum Gasteiger partial charge on any atom is 0.243 e. The Morgan fingerprint density at radius 3 is 2.11 bits per heavy atom. The molecule has 7 amide bonds. The van der Waals surface area contributed by atoms with Crippen molar-refractivity contribution < 1.29 is 87.7 Å². The lowest BCUT2D eigenvalue weighted by atomic mass is 9.72. The second-order valence-corrected chi connectivity index (χ2v) is 22.7. The third-order valence-corrected chi connectivity index (χ3v) is 15.5. The lowest BCUT2D eigenvalue weighted by Crippen LogP contribution is -2.60. The standard InChI is InChI=1S/C59H75N7O18/c1-28(2)19-36(65-58(80)39-16-12-18-66(39)44(71)26-60-31(6)68)55(77)61-25-43(70)62-37(20-29(3)4)56(78)64-38(21-32-13-9-8-10-14-32)57(79)63-35-22-45(83-30(5)50(35)72)84-41-24-59(81,42(69)27-67)23-34-47(41)54(76)49-48(52(34)74)51(73)33-15-11-17-40(82-7)46(33)53(49)75/h8-11,13-15,17,28-30,35-39,41,45,50,67,72,74,76,81H,12,16,18-27H2,1-7H3,(H,60,68)(H,61,77)(H,62,70)(H,63,79)(H,64,78)(H,65,80)/t30-,35-,36-,37-,38-,39-,41-,45-,50+,59-/m0/s1. The number of aliphatic hydroxyl groups excluding tert-OH is 2. The first-order valence-corrected chi connectivity index (χ1v) is 28.1. The molecule has 3 aromatic rings. The Hall–Kier alpha value is -7.84. The van der Waals surface area contributed by atoms with Crippen LogP contribution in [0.15, 0.2) is 48.5 Å². The molecule has 0 aromatic heterocycles. The summed E-state index contributed by atoms with van der Waals surface area (Å²) in [5.74, 6) is -9.20. The molecule has 25 heteroatoms. The normalized spacial score (nSPS) is 22.8. The van der Waals surface area contributed by atoms with Crippen LogP contribution in [0.5, 0.6) is 17.2 Å². The molecular weight excluding hydrogens is 1090 g/mol. The van der Waals surface area contributed by atoms with E-state index in [4.69, 9.17) is 14.2 Å². The lowest BCUT2D eigenvalue weighted by Gasteiger charge is -2.43. The molecule has 0 unspecified atom stereocenters. The number of phenolic OH excluding ortho intramolecular Hbond substituents is 2. The fraction of sp³-hybridized carbons (Fsp3) is 0.525. The summed E-state index contributed by atoms with van der Waals surface area (Å²) in [4.78, 5) is 137. The number of nitrogens with one attached hydrogen (secondary N) is 6. The highest BCUT2D eigenvalue weighted by Gasteiger charge is 2.51. The number of Topliss-reactive ketones (excluding diaryl/α,β-unsaturated/α-hetero) is 1. The number of ether oxygens (including phenoxy) is 3. The van der Waals surface area contributed by atoms with E-state index in [-0.39, 0.29) is 78.6 Å². The van der Waals surface area contributed by atoms with Crippen LogP contribution in [-0.2, 0) is 60.7 Å². The van der Waals surface area contributed by atoms with E-state index < -0.39 is 168 Å². The summed E-state index contributed by atoms with van der Waals surface area (Å²) in [6.07, 6.45) is -6.27. The molecule has 4 aliphatic rings. The maximum atomic E-state index is 14.6. The summed E-state index contributed by atoms with van der Waals surface area (Å²) in [6, 6.07) is 7.08. The van der Waals surface area contributed by atoms with Crippen LogP contribution in [0.25, 0.3) is 0 Å². The van der Waals surface area contributed by atoms with E-state index in [1.54, 1.807) is 44.2 Å². The molecule has 2 aliphatic carbocycles. The molecule has 454 valence electrons. The van der Waals surface area contributed by atoms with Gasteiger partial charge in [-0.05, 0) is 56.1 Å². The number of amides is 7. The van der Waals surface area contributed by atoms with Gasteiger partial charge in [0.15, 0.2) is 17.9 Å². The minimum absolute atomic E-state index is 0.00900. The number of carbonyl (C=O) groups is 10. The molecule has 84 heavy (non-hydrogen) atoms. The number of fused-ring (bicyclic) bond motifs is 3. The van der Waals surface area contributed by atoms with Gasteiger partial charge in [-0.1, -0.05) is 70.2 Å². The van der Waals surface area contributed by atoms with Crippen molar-refractivity contribution in [3.8, 4) is 17.2 Å². The molecular formula is C59H75N7O18. The van der Waals surface area contributed by atoms with Gasteiger partial charge in [-0.25, -0.2) is 0 Å². The van der Waals surface area contributed by atoms with Crippen molar-refractivity contribution in [1.29, 1.82) is 0 Å². The second kappa shape index (κ2) is 27.3. The van der Waals surface area contributed by atoms with Gasteiger partial charge in [0.25, 0.3) is 0 Å². The van der Waals surface area contributed by atoms with Gasteiger partial charge in [0.05, 0.1) is 55.1 Å². The Morgan fingerprint density at radius 1 is 0.798 bits per heavy atom. The summed E-state index contributed by atoms with van der Waals surface area (Å²) in [7, 11) is 1.28. The Morgan fingerprint density at radius 2 is 1.46 bits per heavy atom. The maximum absolute atomic E-state index is 14.6. The molecule has 0 saturated carbocycles. The monoisotopic (exact) mass is 1170 g/mol. The van der Waals surface area contributed by atoms with E-state index in [0.717, 1.165) is 0 Å². The molecule has 2 saturated heterocycles. The van der Waals surface area contributed by atoms with E-state index in [1.165, 1.54) is 44.1 Å². The van der Waals surface area contributed by atoms with Gasteiger partial charge in [0, 0.05) is 55.8 Å². The minimum Gasteiger partial charge on any atom is -0.507 e. The number of carbonyl (C=O) groups excluding carboxylic acids is 10. The molecule has 2 aliphatic heterocycles. The van der Waals surface area contributed by atoms with Crippen LogP contribution >= 0.6 is 0 Å². The van der Waals surface area contributed by atoms with E-state index in [9.17, 15) is 73.5 Å². The minimum atomic E-state index is -2.46. The van der Waals surface area contributed by atoms with Crippen LogP contribution in [0.4, 0.5) is 0 Å². The number of ketones is 3. The van der Waals surface area contributed by atoms with E-state index in [1.807, 2.05) is 13.8 Å². The van der Waals surface area contributed by atoms with E-state index in [0.29, 0.717) is 18.4 Å². The van der Waals surface area contributed by atoms with Gasteiger partial charge < -0.3 is 76.5 Å². The number of nitrogens with zero attached hydrogens (tertiary/aromatic N) is 1. The zero-order valence-electron chi connectivity index (χ0n) is 47.9. The van der Waals surface area contributed by atoms with Crippen molar-refractivity contribution in [1.82, 2.24) is 36.8 Å². The number of rotatable bonds is 23. The third-order valence-electron chi connectivity index (χ3n) is 15.5. The van der Waals surface area contributed by atoms with Crippen LogP contribution in [-0.4, -0.2) is 177 Å². The molecule has 0 spiro atoms. The first-order valence-electron chi connectivity index (χ1n) is 28.1. The molecule has 3 aromatic carbocycles. The number of likely N-dealkylation sites (tertiary alicyclic amines) is 1. The van der Waals surface area contributed by atoms with Crippen molar-refractivity contribution >= 4 is 58.7 Å². The zero-order chi connectivity index (χ0) is 61.5. The van der Waals surface area contributed by atoms with Crippen molar-refractivity contribution in [2.45, 2.75) is 153 Å². The van der Waals surface area contributed by atoms with Crippen LogP contribution < -0.4 is 36.6 Å². The third kappa shape index (κ3) is 14.4. The second-order valence-electron chi connectivity index (χ2n) is 22.7. The van der Waals surface area contributed by atoms with Crippen molar-refractivity contribution in [2.24, 2.45) is 11.8 Å². The van der Waals surface area contributed by atoms with Crippen LogP contribution in [0.1, 0.15) is 135 Å². The van der Waals surface area contributed by atoms with Crippen LogP contribution in [0.2, 0.25) is 0 Å². The van der Waals surface area contributed by atoms with Crippen molar-refractivity contribution in [2.75, 3.05) is 33.4 Å². The van der Waals surface area contributed by atoms with E-state index >= 15 is 0 Å². The Labute approximate surface area is 484 Å². The van der Waals surface area contributed by atoms with E-state index in [2.05, 4.69) is 31.9 Å². The topological polar surface area (TPSA) is 375 Å². The lowest BCUT2D eigenvalue weighted by molar-refractivity contribution is -0.249. The molecule has 2 heterocycles. The Balaban J connectivity index is 1.07. The molecule has 25 nitrogen and oxygen atoms in total. The summed E-state index contributed by atoms with van der Waals surface area (Å²) >= 11 is 0. The zero-order valence-corrected chi connectivity index (χ0v) is 47.9. The largest absolute Gasteiger partial charge is 0.507 e. The fourth-order valence-electron chi connectivity index (χ4n) is 11.3. The van der Waals surface area contributed by atoms with Gasteiger partial charge >= 0.3 is 0 Å².